The summed E-state index contributed by atoms with van der Waals surface area (Å²) in [6.45, 7) is 5.03. The monoisotopic (exact) mass is 400 g/mol. The maximum atomic E-state index is 12.8. The van der Waals surface area contributed by atoms with E-state index in [0.717, 1.165) is 11.1 Å². The number of ether oxygens (including phenoxy) is 2. The van der Waals surface area contributed by atoms with E-state index in [-0.39, 0.29) is 23.8 Å². The lowest BCUT2D eigenvalue weighted by Gasteiger charge is -2.31. The molecule has 0 aliphatic carbocycles. The van der Waals surface area contributed by atoms with Gasteiger partial charge in [-0.05, 0) is 62.1 Å². The predicted octanol–water partition coefficient (Wildman–Crippen LogP) is 3.33. The first-order chi connectivity index (χ1) is 13.9. The van der Waals surface area contributed by atoms with Gasteiger partial charge in [0.2, 0.25) is 5.91 Å². The van der Waals surface area contributed by atoms with E-state index in [9.17, 15) is 9.59 Å². The molecule has 29 heavy (non-hydrogen) atoms. The predicted molar refractivity (Wildman–Crippen MR) is 108 cm³/mol. The van der Waals surface area contributed by atoms with Gasteiger partial charge in [0.1, 0.15) is 0 Å². The molecule has 1 aromatic carbocycles. The third kappa shape index (κ3) is 4.55. The molecule has 0 spiro atoms. The van der Waals surface area contributed by atoms with Crippen molar-refractivity contribution in [2.24, 2.45) is 5.92 Å². The highest BCUT2D eigenvalue weighted by atomic mass is 16.5. The minimum Gasteiger partial charge on any atom is -0.493 e. The van der Waals surface area contributed by atoms with Crippen LogP contribution >= 0.6 is 0 Å². The number of methoxy groups -OCH3 is 2. The third-order valence-electron chi connectivity index (χ3n) is 5.48. The molecule has 1 aliphatic rings. The van der Waals surface area contributed by atoms with Crippen molar-refractivity contribution in [1.29, 1.82) is 0 Å². The Kier molecular flexibility index (Phi) is 6.46. The number of hydrogen-bond donors (Lipinski definition) is 1. The van der Waals surface area contributed by atoms with Gasteiger partial charge in [0.25, 0.3) is 5.91 Å². The van der Waals surface area contributed by atoms with Crippen molar-refractivity contribution in [3.63, 3.8) is 0 Å². The van der Waals surface area contributed by atoms with E-state index < -0.39 is 0 Å². The normalized spacial score (nSPS) is 15.7. The molecule has 0 bridgehead atoms. The summed E-state index contributed by atoms with van der Waals surface area (Å²) in [5.74, 6) is 1.42. The molecule has 1 N–H and O–H groups in total. The number of carbonyl (C=O) groups is 2. The van der Waals surface area contributed by atoms with Crippen molar-refractivity contribution in [2.45, 2.75) is 32.7 Å². The van der Waals surface area contributed by atoms with E-state index in [0.29, 0.717) is 43.2 Å². The lowest BCUT2D eigenvalue weighted by Crippen LogP contribution is -2.43. The van der Waals surface area contributed by atoms with Gasteiger partial charge in [0.05, 0.1) is 26.5 Å². The van der Waals surface area contributed by atoms with Gasteiger partial charge >= 0.3 is 0 Å². The highest BCUT2D eigenvalue weighted by Gasteiger charge is 2.29. The molecule has 0 radical (unpaired) electrons. The Labute approximate surface area is 171 Å². The largest absolute Gasteiger partial charge is 0.493 e. The molecule has 1 fully saturated rings. The molecule has 156 valence electrons. The van der Waals surface area contributed by atoms with Crippen LogP contribution in [-0.2, 0) is 4.79 Å². The minimum atomic E-state index is -0.162. The Morgan fingerprint density at radius 1 is 1.17 bits per heavy atom. The number of carbonyl (C=O) groups excluding carboxylic acids is 2. The van der Waals surface area contributed by atoms with Crippen molar-refractivity contribution in [3.05, 3.63) is 47.4 Å². The fourth-order valence-corrected chi connectivity index (χ4v) is 3.77. The zero-order chi connectivity index (χ0) is 21.0. The van der Waals surface area contributed by atoms with Gasteiger partial charge in [0.15, 0.2) is 17.3 Å². The second-order valence-electron chi connectivity index (χ2n) is 7.34. The van der Waals surface area contributed by atoms with Gasteiger partial charge in [-0.15, -0.1) is 0 Å². The van der Waals surface area contributed by atoms with Crippen molar-refractivity contribution >= 4 is 11.8 Å². The molecule has 3 rings (SSSR count). The van der Waals surface area contributed by atoms with Crippen molar-refractivity contribution in [1.82, 2.24) is 10.2 Å². The summed E-state index contributed by atoms with van der Waals surface area (Å²) in [4.78, 5) is 26.9. The van der Waals surface area contributed by atoms with Gasteiger partial charge in [-0.25, -0.2) is 0 Å². The molecule has 1 aliphatic heterocycles. The number of furan rings is 1. The van der Waals surface area contributed by atoms with Crippen molar-refractivity contribution in [3.8, 4) is 11.5 Å². The van der Waals surface area contributed by atoms with E-state index in [2.05, 4.69) is 5.32 Å². The minimum absolute atomic E-state index is 0.0109. The van der Waals surface area contributed by atoms with Crippen LogP contribution in [0.1, 0.15) is 47.5 Å². The van der Waals surface area contributed by atoms with E-state index in [1.807, 2.05) is 26.0 Å². The number of amides is 2. The first-order valence-corrected chi connectivity index (χ1v) is 9.80. The maximum Gasteiger partial charge on any atom is 0.289 e. The Balaban J connectivity index is 1.59. The van der Waals surface area contributed by atoms with Gasteiger partial charge in [0, 0.05) is 19.0 Å². The number of piperidine rings is 1. The first-order valence-electron chi connectivity index (χ1n) is 9.80. The zero-order valence-electron chi connectivity index (χ0n) is 17.4. The highest BCUT2D eigenvalue weighted by molar-refractivity contribution is 5.91. The topological polar surface area (TPSA) is 81.0 Å². The maximum absolute atomic E-state index is 12.8. The smallest absolute Gasteiger partial charge is 0.289 e. The van der Waals surface area contributed by atoms with Gasteiger partial charge < -0.3 is 24.1 Å². The van der Waals surface area contributed by atoms with Crippen molar-refractivity contribution in [2.75, 3.05) is 27.3 Å². The first kappa shape index (κ1) is 20.8. The van der Waals surface area contributed by atoms with Gasteiger partial charge in [-0.2, -0.15) is 0 Å². The fraction of sp³-hybridized carbons (Fsp3) is 0.455. The quantitative estimate of drug-likeness (QED) is 0.804. The lowest BCUT2D eigenvalue weighted by molar-refractivity contribution is -0.127. The molecule has 2 aromatic rings. The molecule has 2 amide bonds. The molecule has 0 saturated carbocycles. The average Bonchev–Trinajstić information content (AvgIpc) is 3.27. The summed E-state index contributed by atoms with van der Waals surface area (Å²) in [6.07, 6.45) is 2.76. The number of benzene rings is 1. The molecule has 7 nitrogen and oxygen atoms in total. The Bertz CT molecular complexity index is 854. The molecule has 2 heterocycles. The summed E-state index contributed by atoms with van der Waals surface area (Å²) >= 11 is 0. The van der Waals surface area contributed by atoms with E-state index in [1.54, 1.807) is 31.3 Å². The summed E-state index contributed by atoms with van der Waals surface area (Å²) in [6, 6.07) is 7.02. The Morgan fingerprint density at radius 3 is 2.41 bits per heavy atom. The van der Waals surface area contributed by atoms with E-state index >= 15 is 0 Å². The number of nitrogens with one attached hydrogen (secondary N) is 1. The molecule has 7 heteroatoms. The summed E-state index contributed by atoms with van der Waals surface area (Å²) in [7, 11) is 3.20. The molecule has 1 atom stereocenters. The van der Waals surface area contributed by atoms with Crippen LogP contribution in [0.3, 0.4) is 0 Å². The van der Waals surface area contributed by atoms with E-state index in [4.69, 9.17) is 13.9 Å². The molecule has 1 saturated heterocycles. The number of aryl methyl sites for hydroxylation is 1. The lowest BCUT2D eigenvalue weighted by atomic mass is 9.94. The van der Waals surface area contributed by atoms with Gasteiger partial charge in [-0.1, -0.05) is 0 Å². The average molecular weight is 400 g/mol. The van der Waals surface area contributed by atoms with Crippen LogP contribution in [0.4, 0.5) is 0 Å². The summed E-state index contributed by atoms with van der Waals surface area (Å²) in [5.41, 5.74) is 2.01. The second kappa shape index (κ2) is 9.03. The molecule has 1 aromatic heterocycles. The van der Waals surface area contributed by atoms with Crippen LogP contribution < -0.4 is 14.8 Å². The molecular formula is C22H28N2O5. The summed E-state index contributed by atoms with van der Waals surface area (Å²) in [5, 5.41) is 3.11. The van der Waals surface area contributed by atoms with E-state index in [1.165, 1.54) is 6.26 Å². The van der Waals surface area contributed by atoms with Crippen LogP contribution in [0.25, 0.3) is 0 Å². The van der Waals surface area contributed by atoms with Crippen LogP contribution in [0.5, 0.6) is 11.5 Å². The molecule has 1 unspecified atom stereocenters. The second-order valence-corrected chi connectivity index (χ2v) is 7.34. The number of likely N-dealkylation sites (tertiary alicyclic amines) is 1. The Morgan fingerprint density at radius 2 is 1.83 bits per heavy atom. The third-order valence-corrected chi connectivity index (χ3v) is 5.48. The number of hydrogen-bond acceptors (Lipinski definition) is 5. The van der Waals surface area contributed by atoms with Crippen LogP contribution in [0, 0.1) is 12.8 Å². The van der Waals surface area contributed by atoms with Crippen molar-refractivity contribution < 1.29 is 23.5 Å². The fourth-order valence-electron chi connectivity index (χ4n) is 3.77. The van der Waals surface area contributed by atoms with Crippen LogP contribution in [0.2, 0.25) is 0 Å². The molecular weight excluding hydrogens is 372 g/mol. The van der Waals surface area contributed by atoms with Gasteiger partial charge in [-0.3, -0.25) is 9.59 Å². The number of rotatable bonds is 6. The standard InChI is InChI=1S/C22H28N2O5/c1-14-12-19(27-3)20(28-4)13-17(14)15(2)23-21(25)16-7-9-24(10-8-16)22(26)18-6-5-11-29-18/h5-6,11-13,15-16H,7-10H2,1-4H3,(H,23,25). The Hall–Kier alpha value is -2.96. The summed E-state index contributed by atoms with van der Waals surface area (Å²) < 4.78 is 15.9. The SMILES string of the molecule is COc1cc(C)c(C(C)NC(=O)C2CCN(C(=O)c3ccco3)CC2)cc1OC. The van der Waals surface area contributed by atoms with Crippen LogP contribution in [-0.4, -0.2) is 44.0 Å². The number of nitrogens with zero attached hydrogens (tertiary/aromatic N) is 1. The highest BCUT2D eigenvalue weighted by Crippen LogP contribution is 2.33. The van der Waals surface area contributed by atoms with Crippen LogP contribution in [0.15, 0.2) is 34.9 Å². The zero-order valence-corrected chi connectivity index (χ0v) is 17.4.